The minimum atomic E-state index is -3.57. The summed E-state index contributed by atoms with van der Waals surface area (Å²) in [4.78, 5) is 12.8. The van der Waals surface area contributed by atoms with Gasteiger partial charge >= 0.3 is 0 Å². The van der Waals surface area contributed by atoms with Crippen molar-refractivity contribution in [3.63, 3.8) is 0 Å². The Balaban J connectivity index is 1.78. The second-order valence-electron chi connectivity index (χ2n) is 6.75. The number of piperidine rings is 1. The van der Waals surface area contributed by atoms with E-state index in [4.69, 9.17) is 11.6 Å². The first-order valence-corrected chi connectivity index (χ1v) is 10.8. The average Bonchev–Trinajstić information content (AvgIpc) is 2.68. The maximum absolute atomic E-state index is 12.9. The molecular weight excluding hydrogens is 384 g/mol. The Morgan fingerprint density at radius 1 is 1.07 bits per heavy atom. The molecule has 144 valence electrons. The van der Waals surface area contributed by atoms with Gasteiger partial charge in [0.1, 0.15) is 0 Å². The van der Waals surface area contributed by atoms with Gasteiger partial charge in [-0.1, -0.05) is 36.2 Å². The first-order chi connectivity index (χ1) is 12.9. The van der Waals surface area contributed by atoms with E-state index in [0.29, 0.717) is 30.2 Å². The van der Waals surface area contributed by atoms with Gasteiger partial charge in [0, 0.05) is 30.2 Å². The monoisotopic (exact) mass is 406 g/mol. The van der Waals surface area contributed by atoms with Crippen LogP contribution < -0.4 is 5.32 Å². The van der Waals surface area contributed by atoms with Gasteiger partial charge in [0.2, 0.25) is 10.0 Å². The fraction of sp³-hybridized carbons (Fsp3) is 0.350. The molecule has 0 bridgehead atoms. The molecule has 2 aromatic carbocycles. The number of halogens is 1. The van der Waals surface area contributed by atoms with Gasteiger partial charge in [-0.15, -0.1) is 0 Å². The molecule has 1 fully saturated rings. The van der Waals surface area contributed by atoms with Crippen LogP contribution in [-0.2, 0) is 16.6 Å². The van der Waals surface area contributed by atoms with Crippen LogP contribution in [0.1, 0.15) is 40.7 Å². The second kappa shape index (κ2) is 8.42. The van der Waals surface area contributed by atoms with Crippen LogP contribution in [0, 0.1) is 6.92 Å². The number of aryl methyl sites for hydroxylation is 1. The third-order valence-corrected chi connectivity index (χ3v) is 6.92. The lowest BCUT2D eigenvalue weighted by Gasteiger charge is -2.26. The molecule has 0 spiro atoms. The molecule has 0 saturated carbocycles. The minimum Gasteiger partial charge on any atom is -0.348 e. The maximum atomic E-state index is 12.9. The molecule has 0 unspecified atom stereocenters. The summed E-state index contributed by atoms with van der Waals surface area (Å²) in [5.74, 6) is -0.293. The molecule has 0 radical (unpaired) electrons. The number of carbonyl (C=O) groups is 1. The molecule has 1 amide bonds. The fourth-order valence-corrected chi connectivity index (χ4v) is 4.81. The minimum absolute atomic E-state index is 0.173. The highest BCUT2D eigenvalue weighted by Crippen LogP contribution is 2.23. The highest BCUT2D eigenvalue weighted by molar-refractivity contribution is 7.89. The average molecular weight is 407 g/mol. The Morgan fingerprint density at radius 3 is 2.41 bits per heavy atom. The summed E-state index contributed by atoms with van der Waals surface area (Å²) in [7, 11) is -3.57. The van der Waals surface area contributed by atoms with Crippen molar-refractivity contribution >= 4 is 27.5 Å². The number of rotatable bonds is 5. The lowest BCUT2D eigenvalue weighted by Crippen LogP contribution is -2.35. The normalized spacial score (nSPS) is 15.5. The van der Waals surface area contributed by atoms with E-state index >= 15 is 0 Å². The van der Waals surface area contributed by atoms with E-state index < -0.39 is 10.0 Å². The van der Waals surface area contributed by atoms with Gasteiger partial charge in [-0.2, -0.15) is 4.31 Å². The van der Waals surface area contributed by atoms with Crippen molar-refractivity contribution in [1.82, 2.24) is 9.62 Å². The van der Waals surface area contributed by atoms with Gasteiger partial charge in [0.15, 0.2) is 0 Å². The Morgan fingerprint density at radius 2 is 1.74 bits per heavy atom. The number of amides is 1. The smallest absolute Gasteiger partial charge is 0.251 e. The first kappa shape index (κ1) is 19.9. The zero-order valence-electron chi connectivity index (χ0n) is 15.2. The maximum Gasteiger partial charge on any atom is 0.251 e. The van der Waals surface area contributed by atoms with Crippen LogP contribution in [0.5, 0.6) is 0 Å². The van der Waals surface area contributed by atoms with Crippen LogP contribution in [0.25, 0.3) is 0 Å². The quantitative estimate of drug-likeness (QED) is 0.822. The van der Waals surface area contributed by atoms with Crippen molar-refractivity contribution in [2.75, 3.05) is 13.1 Å². The summed E-state index contributed by atoms with van der Waals surface area (Å²) in [6.07, 6.45) is 2.80. The van der Waals surface area contributed by atoms with Crippen molar-refractivity contribution in [3.05, 3.63) is 64.2 Å². The molecule has 0 aliphatic carbocycles. The van der Waals surface area contributed by atoms with Crippen molar-refractivity contribution in [1.29, 1.82) is 0 Å². The van der Waals surface area contributed by atoms with Crippen molar-refractivity contribution in [2.24, 2.45) is 0 Å². The second-order valence-corrected chi connectivity index (χ2v) is 9.12. The number of nitrogens with one attached hydrogen (secondary N) is 1. The predicted octanol–water partition coefficient (Wildman–Crippen LogP) is 3.75. The van der Waals surface area contributed by atoms with E-state index in [2.05, 4.69) is 5.32 Å². The van der Waals surface area contributed by atoms with E-state index in [-0.39, 0.29) is 10.8 Å². The molecule has 0 aromatic heterocycles. The van der Waals surface area contributed by atoms with Crippen LogP contribution in [0.2, 0.25) is 5.02 Å². The number of sulfonamides is 1. The van der Waals surface area contributed by atoms with Gasteiger partial charge in [-0.3, -0.25) is 4.79 Å². The molecule has 5 nitrogen and oxygen atoms in total. The molecule has 1 saturated heterocycles. The van der Waals surface area contributed by atoms with Gasteiger partial charge in [0.25, 0.3) is 5.91 Å². The third-order valence-electron chi connectivity index (χ3n) is 4.77. The summed E-state index contributed by atoms with van der Waals surface area (Å²) in [6.45, 7) is 3.22. The molecule has 7 heteroatoms. The van der Waals surface area contributed by atoms with E-state index in [1.807, 2.05) is 12.1 Å². The van der Waals surface area contributed by atoms with Crippen LogP contribution in [0.4, 0.5) is 0 Å². The molecule has 1 heterocycles. The zero-order chi connectivity index (χ0) is 19.4. The predicted molar refractivity (Wildman–Crippen MR) is 106 cm³/mol. The van der Waals surface area contributed by atoms with Crippen molar-refractivity contribution < 1.29 is 13.2 Å². The van der Waals surface area contributed by atoms with Gasteiger partial charge < -0.3 is 5.32 Å². The molecule has 27 heavy (non-hydrogen) atoms. The van der Waals surface area contributed by atoms with Crippen LogP contribution in [-0.4, -0.2) is 31.7 Å². The first-order valence-electron chi connectivity index (χ1n) is 9.01. The summed E-state index contributed by atoms with van der Waals surface area (Å²) in [6, 6.07) is 12.0. The van der Waals surface area contributed by atoms with E-state index in [1.54, 1.807) is 31.2 Å². The highest BCUT2D eigenvalue weighted by Gasteiger charge is 2.27. The topological polar surface area (TPSA) is 66.5 Å². The van der Waals surface area contributed by atoms with Crippen LogP contribution in [0.15, 0.2) is 47.4 Å². The molecule has 1 N–H and O–H groups in total. The molecule has 2 aromatic rings. The highest BCUT2D eigenvalue weighted by atomic mass is 35.5. The summed E-state index contributed by atoms with van der Waals surface area (Å²) < 4.78 is 27.2. The van der Waals surface area contributed by atoms with E-state index in [9.17, 15) is 13.2 Å². The van der Waals surface area contributed by atoms with E-state index in [1.165, 1.54) is 10.4 Å². The molecule has 0 atom stereocenters. The number of nitrogens with zero attached hydrogens (tertiary/aromatic N) is 1. The lowest BCUT2D eigenvalue weighted by molar-refractivity contribution is 0.0950. The van der Waals surface area contributed by atoms with Gasteiger partial charge in [0.05, 0.1) is 4.90 Å². The Bertz CT molecular complexity index is 921. The van der Waals surface area contributed by atoms with Crippen molar-refractivity contribution in [2.45, 2.75) is 37.6 Å². The van der Waals surface area contributed by atoms with Crippen molar-refractivity contribution in [3.8, 4) is 0 Å². The molecule has 1 aliphatic heterocycles. The summed E-state index contributed by atoms with van der Waals surface area (Å²) in [5, 5.41) is 3.48. The summed E-state index contributed by atoms with van der Waals surface area (Å²) in [5.41, 5.74) is 2.03. The Hall–Kier alpha value is -1.89. The molecular formula is C20H23ClN2O3S. The fourth-order valence-electron chi connectivity index (χ4n) is 3.14. The Labute approximate surface area is 165 Å². The number of benzene rings is 2. The SMILES string of the molecule is Cc1ccc(S(=O)(=O)N2CCCCC2)cc1C(=O)NCc1ccc(Cl)cc1. The number of hydrogen-bond acceptors (Lipinski definition) is 3. The largest absolute Gasteiger partial charge is 0.348 e. The van der Waals surface area contributed by atoms with Crippen LogP contribution in [0.3, 0.4) is 0 Å². The zero-order valence-corrected chi connectivity index (χ0v) is 16.8. The van der Waals surface area contributed by atoms with Gasteiger partial charge in [-0.25, -0.2) is 8.42 Å². The summed E-state index contributed by atoms with van der Waals surface area (Å²) >= 11 is 5.87. The van der Waals surface area contributed by atoms with E-state index in [0.717, 1.165) is 30.4 Å². The number of hydrogen-bond donors (Lipinski definition) is 1. The third kappa shape index (κ3) is 4.69. The standard InChI is InChI=1S/C20H23ClN2O3S/c1-15-5-10-18(27(25,26)23-11-3-2-4-12-23)13-19(15)20(24)22-14-16-6-8-17(21)9-7-16/h5-10,13H,2-4,11-12,14H2,1H3,(H,22,24). The lowest BCUT2D eigenvalue weighted by atomic mass is 10.1. The Kier molecular flexibility index (Phi) is 6.19. The van der Waals surface area contributed by atoms with Crippen LogP contribution >= 0.6 is 11.6 Å². The molecule has 3 rings (SSSR count). The number of carbonyl (C=O) groups excluding carboxylic acids is 1. The molecule has 1 aliphatic rings. The van der Waals surface area contributed by atoms with Gasteiger partial charge in [-0.05, 0) is 55.2 Å².